The van der Waals surface area contributed by atoms with Gasteiger partial charge in [0.25, 0.3) is 5.56 Å². The maximum atomic E-state index is 12.9. The molecule has 0 saturated heterocycles. The van der Waals surface area contributed by atoms with Crippen LogP contribution in [0.2, 0.25) is 0 Å². The summed E-state index contributed by atoms with van der Waals surface area (Å²) in [5.74, 6) is 0.597. The Bertz CT molecular complexity index is 1030. The fourth-order valence-electron chi connectivity index (χ4n) is 2.95. The van der Waals surface area contributed by atoms with Gasteiger partial charge in [0.15, 0.2) is 0 Å². The fraction of sp³-hybridized carbons (Fsp3) is 0.286. The molecule has 0 unspecified atom stereocenters. The van der Waals surface area contributed by atoms with Crippen molar-refractivity contribution in [2.75, 3.05) is 19.1 Å². The molecular formula is C21H24N4O3. The molecule has 0 atom stereocenters. The molecule has 0 aliphatic heterocycles. The van der Waals surface area contributed by atoms with E-state index < -0.39 is 0 Å². The second-order valence-electron chi connectivity index (χ2n) is 6.33. The van der Waals surface area contributed by atoms with E-state index in [1.165, 1.54) is 0 Å². The molecule has 7 heteroatoms. The number of hydrogen-bond donors (Lipinski definition) is 2. The van der Waals surface area contributed by atoms with Crippen LogP contribution in [0.3, 0.4) is 0 Å². The maximum absolute atomic E-state index is 12.9. The van der Waals surface area contributed by atoms with E-state index in [-0.39, 0.29) is 11.3 Å². The summed E-state index contributed by atoms with van der Waals surface area (Å²) in [5, 5.41) is 14.5. The average molecular weight is 380 g/mol. The Morgan fingerprint density at radius 3 is 2.68 bits per heavy atom. The van der Waals surface area contributed by atoms with Gasteiger partial charge in [-0.2, -0.15) is 5.10 Å². The zero-order valence-corrected chi connectivity index (χ0v) is 16.1. The van der Waals surface area contributed by atoms with Gasteiger partial charge < -0.3 is 9.84 Å². The van der Waals surface area contributed by atoms with Crippen LogP contribution in [0.5, 0.6) is 5.75 Å². The Morgan fingerprint density at radius 2 is 1.96 bits per heavy atom. The van der Waals surface area contributed by atoms with Crippen LogP contribution in [-0.2, 0) is 11.3 Å². The number of rotatable bonds is 8. The molecule has 0 aliphatic rings. The fourth-order valence-corrected chi connectivity index (χ4v) is 2.95. The van der Waals surface area contributed by atoms with Crippen molar-refractivity contribution in [2.24, 2.45) is 5.10 Å². The number of anilines is 1. The van der Waals surface area contributed by atoms with Gasteiger partial charge in [-0.05, 0) is 54.8 Å². The number of benzene rings is 2. The molecule has 2 aromatic carbocycles. The van der Waals surface area contributed by atoms with Crippen molar-refractivity contribution in [3.63, 3.8) is 0 Å². The lowest BCUT2D eigenvalue weighted by molar-refractivity contribution is 0.190. The van der Waals surface area contributed by atoms with Gasteiger partial charge in [-0.1, -0.05) is 19.1 Å². The third-order valence-electron chi connectivity index (χ3n) is 4.42. The van der Waals surface area contributed by atoms with Crippen LogP contribution in [0.4, 0.5) is 5.95 Å². The van der Waals surface area contributed by atoms with Crippen LogP contribution in [0, 0.1) is 0 Å². The lowest BCUT2D eigenvalue weighted by Gasteiger charge is -2.13. The van der Waals surface area contributed by atoms with Crippen molar-refractivity contribution in [3.8, 4) is 5.75 Å². The van der Waals surface area contributed by atoms with Crippen LogP contribution >= 0.6 is 0 Å². The van der Waals surface area contributed by atoms with Gasteiger partial charge in [0.2, 0.25) is 5.95 Å². The normalized spacial score (nSPS) is 11.7. The van der Waals surface area contributed by atoms with E-state index in [1.807, 2.05) is 25.1 Å². The molecule has 28 heavy (non-hydrogen) atoms. The Labute approximate surface area is 163 Å². The van der Waals surface area contributed by atoms with Crippen LogP contribution < -0.4 is 11.0 Å². The smallest absolute Gasteiger partial charge is 0.262 e. The van der Waals surface area contributed by atoms with Crippen molar-refractivity contribution in [1.82, 2.24) is 9.55 Å². The minimum absolute atomic E-state index is 0.109. The number of aromatic hydroxyl groups is 1. The number of phenolic OH excluding ortho intramolecular Hbond substituents is 1. The molecular weight excluding hydrogens is 356 g/mol. The molecule has 0 spiro atoms. The molecule has 0 amide bonds. The van der Waals surface area contributed by atoms with Crippen LogP contribution in [0.15, 0.2) is 58.4 Å². The summed E-state index contributed by atoms with van der Waals surface area (Å²) in [5.41, 5.74) is 5.17. The van der Waals surface area contributed by atoms with Crippen LogP contribution in [-0.4, -0.2) is 34.1 Å². The second kappa shape index (κ2) is 9.14. The number of phenols is 1. The number of fused-ring (bicyclic) bond motifs is 1. The molecule has 0 fully saturated rings. The van der Waals surface area contributed by atoms with Crippen molar-refractivity contribution in [3.05, 3.63) is 64.4 Å². The molecule has 1 aromatic heterocycles. The Balaban J connectivity index is 1.98. The van der Waals surface area contributed by atoms with Gasteiger partial charge in [0, 0.05) is 20.3 Å². The van der Waals surface area contributed by atoms with E-state index in [4.69, 9.17) is 4.74 Å². The minimum atomic E-state index is -0.109. The van der Waals surface area contributed by atoms with Gasteiger partial charge in [0.05, 0.1) is 16.6 Å². The van der Waals surface area contributed by atoms with Gasteiger partial charge in [0.1, 0.15) is 5.75 Å². The summed E-state index contributed by atoms with van der Waals surface area (Å²) in [6.07, 6.45) is 1.37. The summed E-state index contributed by atoms with van der Waals surface area (Å²) in [4.78, 5) is 17.5. The Morgan fingerprint density at radius 1 is 1.21 bits per heavy atom. The number of ether oxygens (including phenoxy) is 1. The third-order valence-corrected chi connectivity index (χ3v) is 4.42. The van der Waals surface area contributed by atoms with E-state index in [9.17, 15) is 9.90 Å². The van der Waals surface area contributed by atoms with E-state index in [1.54, 1.807) is 42.0 Å². The average Bonchev–Trinajstić information content (AvgIpc) is 2.72. The predicted molar refractivity (Wildman–Crippen MR) is 111 cm³/mol. The summed E-state index contributed by atoms with van der Waals surface area (Å²) in [6.45, 7) is 3.02. The Hall–Kier alpha value is -3.19. The molecule has 3 rings (SSSR count). The van der Waals surface area contributed by atoms with Gasteiger partial charge >= 0.3 is 0 Å². The number of hydrogen-bond acceptors (Lipinski definition) is 6. The lowest BCUT2D eigenvalue weighted by atomic mass is 10.1. The van der Waals surface area contributed by atoms with Crippen molar-refractivity contribution in [1.29, 1.82) is 0 Å². The zero-order chi connectivity index (χ0) is 19.9. The first-order valence-electron chi connectivity index (χ1n) is 9.24. The van der Waals surface area contributed by atoms with E-state index in [2.05, 4.69) is 15.5 Å². The highest BCUT2D eigenvalue weighted by atomic mass is 16.5. The SMILES string of the molecule is CC/C(=N\Nc1nc2ccccc2c(=O)n1CCCOC)c1ccc(O)cc1. The monoisotopic (exact) mass is 380 g/mol. The Kier molecular flexibility index (Phi) is 6.39. The highest BCUT2D eigenvalue weighted by Gasteiger charge is 2.11. The largest absolute Gasteiger partial charge is 0.508 e. The van der Waals surface area contributed by atoms with Crippen molar-refractivity contribution >= 4 is 22.6 Å². The third kappa shape index (κ3) is 4.37. The minimum Gasteiger partial charge on any atom is -0.508 e. The van der Waals surface area contributed by atoms with E-state index in [0.717, 1.165) is 11.3 Å². The van der Waals surface area contributed by atoms with E-state index in [0.29, 0.717) is 42.8 Å². The lowest BCUT2D eigenvalue weighted by Crippen LogP contribution is -2.25. The quantitative estimate of drug-likeness (QED) is 0.355. The van der Waals surface area contributed by atoms with Gasteiger partial charge in [-0.15, -0.1) is 0 Å². The summed E-state index contributed by atoms with van der Waals surface area (Å²) >= 11 is 0. The number of nitrogens with zero attached hydrogens (tertiary/aromatic N) is 3. The number of aromatic nitrogens is 2. The first-order valence-corrected chi connectivity index (χ1v) is 9.24. The number of para-hydroxylation sites is 1. The van der Waals surface area contributed by atoms with Gasteiger partial charge in [-0.25, -0.2) is 10.4 Å². The number of methoxy groups -OCH3 is 1. The highest BCUT2D eigenvalue weighted by Crippen LogP contribution is 2.14. The summed E-state index contributed by atoms with van der Waals surface area (Å²) in [6, 6.07) is 14.1. The maximum Gasteiger partial charge on any atom is 0.262 e. The predicted octanol–water partition coefficient (Wildman–Crippen LogP) is 3.36. The van der Waals surface area contributed by atoms with E-state index >= 15 is 0 Å². The molecule has 0 saturated carbocycles. The van der Waals surface area contributed by atoms with Crippen LogP contribution in [0.25, 0.3) is 10.9 Å². The molecule has 146 valence electrons. The molecule has 0 bridgehead atoms. The van der Waals surface area contributed by atoms with Crippen molar-refractivity contribution in [2.45, 2.75) is 26.3 Å². The molecule has 3 aromatic rings. The number of nitrogens with one attached hydrogen (secondary N) is 1. The number of hydrazone groups is 1. The standard InChI is InChI=1S/C21H24N4O3/c1-3-18(15-9-11-16(26)12-10-15)23-24-21-22-19-8-5-4-7-17(19)20(27)25(21)13-6-14-28-2/h4-5,7-12,26H,3,6,13-14H2,1-2H3,(H,22,24)/b23-18+. The topological polar surface area (TPSA) is 88.7 Å². The molecule has 2 N–H and O–H groups in total. The molecule has 7 nitrogen and oxygen atoms in total. The first kappa shape index (κ1) is 19.6. The molecule has 1 heterocycles. The van der Waals surface area contributed by atoms with Crippen LogP contribution in [0.1, 0.15) is 25.3 Å². The first-order chi connectivity index (χ1) is 13.6. The summed E-state index contributed by atoms with van der Waals surface area (Å²) in [7, 11) is 1.63. The highest BCUT2D eigenvalue weighted by molar-refractivity contribution is 6.00. The molecule has 0 radical (unpaired) electrons. The summed E-state index contributed by atoms with van der Waals surface area (Å²) < 4.78 is 6.70. The van der Waals surface area contributed by atoms with Crippen molar-refractivity contribution < 1.29 is 9.84 Å². The zero-order valence-electron chi connectivity index (χ0n) is 16.1. The second-order valence-corrected chi connectivity index (χ2v) is 6.33. The van der Waals surface area contributed by atoms with Gasteiger partial charge in [-0.3, -0.25) is 9.36 Å². The molecule has 0 aliphatic carbocycles.